The molecular weight excluding hydrogens is 438 g/mol. The third-order valence-corrected chi connectivity index (χ3v) is 6.76. The van der Waals surface area contributed by atoms with E-state index in [1.54, 1.807) is 4.90 Å². The van der Waals surface area contributed by atoms with Crippen molar-refractivity contribution in [3.63, 3.8) is 0 Å². The van der Waals surface area contributed by atoms with Gasteiger partial charge in [0.25, 0.3) is 11.8 Å². The van der Waals surface area contributed by atoms with E-state index in [-0.39, 0.29) is 24.5 Å². The van der Waals surface area contributed by atoms with E-state index < -0.39 is 0 Å². The monoisotopic (exact) mass is 469 g/mol. The molecule has 0 bridgehead atoms. The number of carbonyl (C=O) groups excluding carboxylic acids is 2. The topological polar surface area (TPSA) is 61.9 Å². The number of hydrogen-bond donors (Lipinski definition) is 1. The van der Waals surface area contributed by atoms with Gasteiger partial charge in [-0.3, -0.25) is 14.5 Å². The molecule has 2 aliphatic heterocycles. The average molecular weight is 470 g/mol. The molecule has 1 saturated heterocycles. The first-order valence-electron chi connectivity index (χ1n) is 12.2. The van der Waals surface area contributed by atoms with Gasteiger partial charge >= 0.3 is 0 Å². The number of likely N-dealkylation sites (tertiary alicyclic amines) is 1. The van der Waals surface area contributed by atoms with E-state index in [1.807, 2.05) is 55.5 Å². The summed E-state index contributed by atoms with van der Waals surface area (Å²) in [6.45, 7) is 5.31. The quantitative estimate of drug-likeness (QED) is 0.584. The Bertz CT molecular complexity index is 1200. The zero-order chi connectivity index (χ0) is 24.2. The maximum Gasteiger partial charge on any atom is 0.265 e. The maximum atomic E-state index is 13.0. The van der Waals surface area contributed by atoms with E-state index >= 15 is 0 Å². The fraction of sp³-hybridized carbons (Fsp3) is 0.310. The Balaban J connectivity index is 1.19. The predicted molar refractivity (Wildman–Crippen MR) is 137 cm³/mol. The van der Waals surface area contributed by atoms with Crippen molar-refractivity contribution in [2.45, 2.75) is 38.9 Å². The van der Waals surface area contributed by atoms with Crippen LogP contribution in [-0.2, 0) is 17.9 Å². The van der Waals surface area contributed by atoms with E-state index in [1.165, 1.54) is 5.56 Å². The van der Waals surface area contributed by atoms with Crippen LogP contribution in [-0.4, -0.2) is 42.5 Å². The number of hydrogen-bond acceptors (Lipinski definition) is 4. The molecule has 0 unspecified atom stereocenters. The maximum absolute atomic E-state index is 13.0. The number of aryl methyl sites for hydroxylation is 1. The Labute approximate surface area is 206 Å². The molecule has 0 aromatic heterocycles. The first-order valence-corrected chi connectivity index (χ1v) is 12.2. The van der Waals surface area contributed by atoms with Gasteiger partial charge in [-0.2, -0.15) is 0 Å². The third kappa shape index (κ3) is 5.54. The summed E-state index contributed by atoms with van der Waals surface area (Å²) in [5.41, 5.74) is 4.70. The number of rotatable bonds is 6. The number of anilines is 1. The molecule has 5 rings (SSSR count). The van der Waals surface area contributed by atoms with Crippen LogP contribution >= 0.6 is 0 Å². The fourth-order valence-electron chi connectivity index (χ4n) is 4.82. The van der Waals surface area contributed by atoms with Gasteiger partial charge in [-0.05, 0) is 60.7 Å². The second-order valence-corrected chi connectivity index (χ2v) is 9.45. The Kier molecular flexibility index (Phi) is 6.82. The lowest BCUT2D eigenvalue weighted by Crippen LogP contribution is -2.44. The van der Waals surface area contributed by atoms with Gasteiger partial charge in [0.15, 0.2) is 6.61 Å². The van der Waals surface area contributed by atoms with Crippen LogP contribution in [0.15, 0.2) is 72.8 Å². The van der Waals surface area contributed by atoms with Crippen molar-refractivity contribution < 1.29 is 14.3 Å². The summed E-state index contributed by atoms with van der Waals surface area (Å²) in [5.74, 6) is 0.570. The molecule has 0 atom stereocenters. The molecule has 2 amide bonds. The van der Waals surface area contributed by atoms with Crippen LogP contribution in [0.3, 0.4) is 0 Å². The molecule has 2 aliphatic rings. The van der Waals surface area contributed by atoms with Crippen LogP contribution in [0.4, 0.5) is 5.69 Å². The van der Waals surface area contributed by atoms with Crippen molar-refractivity contribution in [1.82, 2.24) is 10.2 Å². The van der Waals surface area contributed by atoms with Crippen LogP contribution in [0.2, 0.25) is 0 Å². The van der Waals surface area contributed by atoms with E-state index in [2.05, 4.69) is 34.5 Å². The molecule has 0 radical (unpaired) electrons. The van der Waals surface area contributed by atoms with Crippen LogP contribution in [0, 0.1) is 6.92 Å². The molecule has 180 valence electrons. The largest absolute Gasteiger partial charge is 0.482 e. The number of ether oxygens (including phenoxy) is 1. The first-order chi connectivity index (χ1) is 17.0. The zero-order valence-electron chi connectivity index (χ0n) is 20.1. The summed E-state index contributed by atoms with van der Waals surface area (Å²) in [6.07, 6.45) is 1.88. The number of amides is 2. The molecule has 0 spiro atoms. The summed E-state index contributed by atoms with van der Waals surface area (Å²) in [4.78, 5) is 29.8. The minimum absolute atomic E-state index is 0.0270. The van der Waals surface area contributed by atoms with Crippen molar-refractivity contribution in [3.05, 3.63) is 95.1 Å². The standard InChI is InChI=1S/C29H31N3O3/c1-21-10-11-27-26(16-21)32(28(33)20-35-27)19-23-8-5-9-24(17-23)29(34)30-25-12-14-31(15-13-25)18-22-6-3-2-4-7-22/h2-11,16-17,25H,12-15,18-20H2,1H3,(H,30,34). The Hall–Kier alpha value is -3.64. The minimum Gasteiger partial charge on any atom is -0.482 e. The molecule has 3 aromatic rings. The van der Waals surface area contributed by atoms with Crippen LogP contribution in [0.1, 0.15) is 39.9 Å². The van der Waals surface area contributed by atoms with Crippen molar-refractivity contribution in [2.24, 2.45) is 0 Å². The second-order valence-electron chi connectivity index (χ2n) is 9.45. The van der Waals surface area contributed by atoms with Gasteiger partial charge in [-0.1, -0.05) is 48.5 Å². The van der Waals surface area contributed by atoms with E-state index in [0.29, 0.717) is 17.9 Å². The third-order valence-electron chi connectivity index (χ3n) is 6.76. The number of carbonyl (C=O) groups is 2. The van der Waals surface area contributed by atoms with E-state index in [9.17, 15) is 9.59 Å². The first kappa shape index (κ1) is 23.1. The predicted octanol–water partition coefficient (Wildman–Crippen LogP) is 4.32. The summed E-state index contributed by atoms with van der Waals surface area (Å²) in [7, 11) is 0. The minimum atomic E-state index is -0.0831. The number of fused-ring (bicyclic) bond motifs is 1. The summed E-state index contributed by atoms with van der Waals surface area (Å²) in [5, 5.41) is 3.22. The van der Waals surface area contributed by atoms with Gasteiger partial charge < -0.3 is 15.0 Å². The number of piperidine rings is 1. The zero-order valence-corrected chi connectivity index (χ0v) is 20.1. The second kappa shape index (κ2) is 10.3. The lowest BCUT2D eigenvalue weighted by atomic mass is 10.0. The highest BCUT2D eigenvalue weighted by Gasteiger charge is 2.26. The van der Waals surface area contributed by atoms with Crippen molar-refractivity contribution in [3.8, 4) is 5.75 Å². The van der Waals surface area contributed by atoms with Gasteiger partial charge in [0, 0.05) is 31.2 Å². The summed E-state index contributed by atoms with van der Waals surface area (Å²) >= 11 is 0. The highest BCUT2D eigenvalue weighted by molar-refractivity contribution is 5.98. The molecule has 1 fully saturated rings. The molecule has 6 nitrogen and oxygen atoms in total. The molecule has 0 saturated carbocycles. The molecule has 35 heavy (non-hydrogen) atoms. The Morgan fingerprint density at radius 3 is 2.51 bits per heavy atom. The molecule has 0 aliphatic carbocycles. The van der Waals surface area contributed by atoms with Gasteiger partial charge in [0.1, 0.15) is 5.75 Å². The van der Waals surface area contributed by atoms with Crippen molar-refractivity contribution >= 4 is 17.5 Å². The van der Waals surface area contributed by atoms with E-state index in [0.717, 1.165) is 49.3 Å². The Morgan fingerprint density at radius 2 is 1.71 bits per heavy atom. The summed E-state index contributed by atoms with van der Waals surface area (Å²) in [6, 6.07) is 24.1. The van der Waals surface area contributed by atoms with Crippen molar-refractivity contribution in [2.75, 3.05) is 24.6 Å². The van der Waals surface area contributed by atoms with Crippen LogP contribution < -0.4 is 15.0 Å². The number of benzene rings is 3. The van der Waals surface area contributed by atoms with Crippen LogP contribution in [0.5, 0.6) is 5.75 Å². The Morgan fingerprint density at radius 1 is 0.943 bits per heavy atom. The SMILES string of the molecule is Cc1ccc2c(c1)N(Cc1cccc(C(=O)NC3CCN(Cc4ccccc4)CC3)c1)C(=O)CO2. The highest BCUT2D eigenvalue weighted by Crippen LogP contribution is 2.34. The highest BCUT2D eigenvalue weighted by atomic mass is 16.5. The lowest BCUT2D eigenvalue weighted by molar-refractivity contribution is -0.121. The normalized spacial score (nSPS) is 16.5. The number of nitrogens with zero attached hydrogens (tertiary/aromatic N) is 2. The fourth-order valence-corrected chi connectivity index (χ4v) is 4.82. The van der Waals surface area contributed by atoms with E-state index in [4.69, 9.17) is 4.74 Å². The molecule has 3 aromatic carbocycles. The number of nitrogens with one attached hydrogen (secondary N) is 1. The van der Waals surface area contributed by atoms with Gasteiger partial charge in [-0.15, -0.1) is 0 Å². The smallest absolute Gasteiger partial charge is 0.265 e. The van der Waals surface area contributed by atoms with Gasteiger partial charge in [-0.25, -0.2) is 0 Å². The van der Waals surface area contributed by atoms with Gasteiger partial charge in [0.05, 0.1) is 12.2 Å². The lowest BCUT2D eigenvalue weighted by Gasteiger charge is -2.32. The van der Waals surface area contributed by atoms with Crippen molar-refractivity contribution in [1.29, 1.82) is 0 Å². The molecule has 1 N–H and O–H groups in total. The average Bonchev–Trinajstić information content (AvgIpc) is 2.88. The van der Waals surface area contributed by atoms with Gasteiger partial charge in [0.2, 0.25) is 0 Å². The van der Waals surface area contributed by atoms with Crippen LogP contribution in [0.25, 0.3) is 0 Å². The molecule has 2 heterocycles. The molecular formula is C29H31N3O3. The summed E-state index contributed by atoms with van der Waals surface area (Å²) < 4.78 is 5.59. The molecule has 6 heteroatoms.